The predicted octanol–water partition coefficient (Wildman–Crippen LogP) is 6.94. The molecule has 1 aliphatic rings. The minimum Gasteiger partial charge on any atom is -0.322 e. The molecule has 0 spiro atoms. The highest BCUT2D eigenvalue weighted by Gasteiger charge is 2.16. The molecule has 2 aromatic rings. The molecule has 0 aromatic carbocycles. The van der Waals surface area contributed by atoms with E-state index in [1.54, 1.807) is 0 Å². The molecule has 2 heteroatoms. The van der Waals surface area contributed by atoms with E-state index < -0.39 is 0 Å². The molecule has 26 heavy (non-hydrogen) atoms. The number of aromatic nitrogens is 2. The third-order valence-corrected chi connectivity index (χ3v) is 5.17. The first-order valence-electron chi connectivity index (χ1n) is 9.94. The van der Waals surface area contributed by atoms with Crippen molar-refractivity contribution in [1.29, 1.82) is 0 Å². The van der Waals surface area contributed by atoms with Gasteiger partial charge in [-0.2, -0.15) is 0 Å². The molecule has 0 unspecified atom stereocenters. The van der Waals surface area contributed by atoms with Crippen molar-refractivity contribution in [2.75, 3.05) is 0 Å². The van der Waals surface area contributed by atoms with Crippen molar-refractivity contribution in [2.24, 2.45) is 0 Å². The molecule has 0 radical (unpaired) electrons. The predicted molar refractivity (Wildman–Crippen MR) is 114 cm³/mol. The maximum absolute atomic E-state index is 4.90. The third kappa shape index (κ3) is 3.46. The Morgan fingerprint density at radius 3 is 2.73 bits per heavy atom. The fourth-order valence-corrected chi connectivity index (χ4v) is 3.88. The van der Waals surface area contributed by atoms with Crippen LogP contribution >= 0.6 is 0 Å². The smallest absolute Gasteiger partial charge is 0.0712 e. The molecule has 0 aliphatic heterocycles. The summed E-state index contributed by atoms with van der Waals surface area (Å²) < 4.78 is 2.21. The Hall–Kier alpha value is -2.35. The average molecular weight is 347 g/mol. The first kappa shape index (κ1) is 18.4. The lowest BCUT2D eigenvalue weighted by Gasteiger charge is -2.15. The van der Waals surface area contributed by atoms with Crippen molar-refractivity contribution in [3.05, 3.63) is 65.2 Å². The van der Waals surface area contributed by atoms with E-state index in [4.69, 9.17) is 4.98 Å². The molecule has 2 nitrogen and oxygen atoms in total. The van der Waals surface area contributed by atoms with Gasteiger partial charge in [-0.25, -0.2) is 0 Å². The zero-order valence-corrected chi connectivity index (χ0v) is 16.5. The largest absolute Gasteiger partial charge is 0.322 e. The van der Waals surface area contributed by atoms with Gasteiger partial charge in [-0.3, -0.25) is 4.98 Å². The van der Waals surface area contributed by atoms with Crippen molar-refractivity contribution < 1.29 is 0 Å². The Bertz CT molecular complexity index is 904. The minimum atomic E-state index is 1.02. The molecule has 0 bridgehead atoms. The molecule has 2 aromatic heterocycles. The van der Waals surface area contributed by atoms with E-state index >= 15 is 0 Å². The van der Waals surface area contributed by atoms with Crippen LogP contribution in [0.2, 0.25) is 0 Å². The highest BCUT2D eigenvalue weighted by atomic mass is 14.9. The highest BCUT2D eigenvalue weighted by molar-refractivity contribution is 5.90. The Morgan fingerprint density at radius 1 is 1.19 bits per heavy atom. The fourth-order valence-electron chi connectivity index (χ4n) is 3.88. The summed E-state index contributed by atoms with van der Waals surface area (Å²) >= 11 is 0. The quantitative estimate of drug-likeness (QED) is 0.554. The van der Waals surface area contributed by atoms with Crippen molar-refractivity contribution in [2.45, 2.75) is 59.8 Å². The summed E-state index contributed by atoms with van der Waals surface area (Å²) in [5.74, 6) is 0. The van der Waals surface area contributed by atoms with Crippen molar-refractivity contribution in [3.63, 3.8) is 0 Å². The van der Waals surface area contributed by atoms with E-state index in [0.29, 0.717) is 0 Å². The van der Waals surface area contributed by atoms with Gasteiger partial charge in [0, 0.05) is 23.4 Å². The summed E-state index contributed by atoms with van der Waals surface area (Å²) in [5.41, 5.74) is 7.99. The van der Waals surface area contributed by atoms with E-state index in [0.717, 1.165) is 37.8 Å². The van der Waals surface area contributed by atoms with Crippen LogP contribution in [0.5, 0.6) is 0 Å². The van der Waals surface area contributed by atoms with E-state index in [9.17, 15) is 0 Å². The highest BCUT2D eigenvalue weighted by Crippen LogP contribution is 2.35. The van der Waals surface area contributed by atoms with Gasteiger partial charge in [0.1, 0.15) is 0 Å². The lowest BCUT2D eigenvalue weighted by molar-refractivity contribution is 0.925. The molecule has 0 saturated heterocycles. The first-order chi connectivity index (χ1) is 12.7. The van der Waals surface area contributed by atoms with Gasteiger partial charge in [0.15, 0.2) is 0 Å². The molecule has 136 valence electrons. The van der Waals surface area contributed by atoms with Gasteiger partial charge in [-0.05, 0) is 49.8 Å². The molecule has 0 N–H and O–H groups in total. The van der Waals surface area contributed by atoms with Crippen molar-refractivity contribution >= 4 is 22.7 Å². The van der Waals surface area contributed by atoms with E-state index in [1.807, 2.05) is 0 Å². The van der Waals surface area contributed by atoms with Crippen LogP contribution in [0.3, 0.4) is 0 Å². The summed E-state index contributed by atoms with van der Waals surface area (Å²) in [6, 6.07) is 2.32. The summed E-state index contributed by atoms with van der Waals surface area (Å²) in [4.78, 5) is 4.90. The van der Waals surface area contributed by atoms with E-state index in [1.165, 1.54) is 33.2 Å². The average Bonchev–Trinajstić information content (AvgIpc) is 2.86. The van der Waals surface area contributed by atoms with Crippen molar-refractivity contribution in [1.82, 2.24) is 9.55 Å². The Balaban J connectivity index is 2.21. The molecule has 3 rings (SSSR count). The van der Waals surface area contributed by atoms with Gasteiger partial charge in [-0.15, -0.1) is 0 Å². The maximum Gasteiger partial charge on any atom is 0.0712 e. The molecule has 0 atom stereocenters. The monoisotopic (exact) mass is 346 g/mol. The fraction of sp³-hybridized carbons (Fsp3) is 0.375. The maximum atomic E-state index is 4.90. The van der Waals surface area contributed by atoms with E-state index in [-0.39, 0.29) is 0 Å². The second-order valence-corrected chi connectivity index (χ2v) is 6.89. The number of allylic oxidation sites excluding steroid dienone is 7. The topological polar surface area (TPSA) is 17.8 Å². The summed E-state index contributed by atoms with van der Waals surface area (Å²) in [6.45, 7) is 8.79. The summed E-state index contributed by atoms with van der Waals surface area (Å²) in [6.07, 6.45) is 20.6. The van der Waals surface area contributed by atoms with Gasteiger partial charge in [0.05, 0.1) is 17.4 Å². The molecule has 0 fully saturated rings. The van der Waals surface area contributed by atoms with Crippen molar-refractivity contribution in [3.8, 4) is 0 Å². The second-order valence-electron chi connectivity index (χ2n) is 6.89. The number of rotatable bonds is 6. The molecule has 1 aliphatic carbocycles. The first-order valence-corrected chi connectivity index (χ1v) is 9.94. The summed E-state index contributed by atoms with van der Waals surface area (Å²) in [7, 11) is 0. The van der Waals surface area contributed by atoms with Crippen LogP contribution in [-0.2, 0) is 6.42 Å². The molecule has 2 heterocycles. The number of nitrogens with zero attached hydrogens (tertiary/aromatic N) is 2. The van der Waals surface area contributed by atoms with Crippen LogP contribution in [-0.4, -0.2) is 9.55 Å². The SMILES string of the molecule is C/C=C/n1cc(CCC)c2cc(C3=C(CC)CC=CC=C3CC)ncc21. The van der Waals surface area contributed by atoms with Gasteiger partial charge in [0.2, 0.25) is 0 Å². The standard InChI is InChI=1S/C24H30N2/c1-5-11-20-17-26(14-6-2)23-16-25-22(15-21(20)23)24-18(7-3)12-9-10-13-19(24)8-4/h6,9-10,12,14-17H,5,7-8,11,13H2,1-4H3/b14-6+. The Morgan fingerprint density at radius 2 is 2.04 bits per heavy atom. The van der Waals surface area contributed by atoms with Crippen LogP contribution in [0.4, 0.5) is 0 Å². The summed E-state index contributed by atoms with van der Waals surface area (Å²) in [5, 5.41) is 1.34. The Kier molecular flexibility index (Phi) is 5.92. The zero-order valence-electron chi connectivity index (χ0n) is 16.5. The van der Waals surface area contributed by atoms with E-state index in [2.05, 4.69) is 81.2 Å². The number of fused-ring (bicyclic) bond motifs is 1. The molecular weight excluding hydrogens is 316 g/mol. The van der Waals surface area contributed by atoms with Gasteiger partial charge >= 0.3 is 0 Å². The van der Waals surface area contributed by atoms with Crippen LogP contribution in [0.25, 0.3) is 22.7 Å². The van der Waals surface area contributed by atoms with Crippen LogP contribution in [0, 0.1) is 0 Å². The molecule has 0 amide bonds. The number of aryl methyl sites for hydroxylation is 1. The van der Waals surface area contributed by atoms with Crippen LogP contribution in [0.15, 0.2) is 53.9 Å². The van der Waals surface area contributed by atoms with Crippen LogP contribution in [0.1, 0.15) is 64.6 Å². The Labute approximate surface area is 157 Å². The molecular formula is C24H30N2. The minimum absolute atomic E-state index is 1.02. The third-order valence-electron chi connectivity index (χ3n) is 5.17. The lowest BCUT2D eigenvalue weighted by atomic mass is 9.92. The van der Waals surface area contributed by atoms with Crippen LogP contribution < -0.4 is 0 Å². The molecule has 0 saturated carbocycles. The van der Waals surface area contributed by atoms with Gasteiger partial charge in [-0.1, -0.05) is 57.1 Å². The van der Waals surface area contributed by atoms with Gasteiger partial charge in [0.25, 0.3) is 0 Å². The zero-order chi connectivity index (χ0) is 18.5. The normalized spacial score (nSPS) is 15.2. The van der Waals surface area contributed by atoms with Gasteiger partial charge < -0.3 is 4.57 Å². The number of hydrogen-bond donors (Lipinski definition) is 0. The number of hydrogen-bond acceptors (Lipinski definition) is 1. The number of pyridine rings is 1. The lowest BCUT2D eigenvalue weighted by Crippen LogP contribution is -1.98. The second kappa shape index (κ2) is 8.35.